The van der Waals surface area contributed by atoms with Gasteiger partial charge in [-0.15, -0.1) is 0 Å². The maximum atomic E-state index is 11.7. The van der Waals surface area contributed by atoms with Gasteiger partial charge in [-0.3, -0.25) is 19.8 Å². The number of piperazine rings is 1. The van der Waals surface area contributed by atoms with Crippen LogP contribution in [-0.2, 0) is 6.54 Å². The first kappa shape index (κ1) is 20.1. The van der Waals surface area contributed by atoms with Gasteiger partial charge in [-0.1, -0.05) is 11.6 Å². The number of Topliss-reactive ketones (excluding diaryl/α,β-unsaturated/α-hetero) is 1. The van der Waals surface area contributed by atoms with E-state index in [-0.39, 0.29) is 11.5 Å². The molecule has 0 aliphatic carbocycles. The van der Waals surface area contributed by atoms with Crippen LogP contribution < -0.4 is 9.64 Å². The van der Waals surface area contributed by atoms with Crippen molar-refractivity contribution in [3.8, 4) is 5.75 Å². The molecule has 148 valence electrons. The number of rotatable bonds is 6. The van der Waals surface area contributed by atoms with Crippen LogP contribution in [0.2, 0.25) is 5.02 Å². The summed E-state index contributed by atoms with van der Waals surface area (Å²) in [6.07, 6.45) is 0. The van der Waals surface area contributed by atoms with E-state index in [1.54, 1.807) is 32.2 Å². The lowest BCUT2D eigenvalue weighted by molar-refractivity contribution is -0.384. The summed E-state index contributed by atoms with van der Waals surface area (Å²) in [6.45, 7) is 5.01. The zero-order valence-corrected chi connectivity index (χ0v) is 16.6. The molecular weight excluding hydrogens is 382 g/mol. The van der Waals surface area contributed by atoms with Gasteiger partial charge in [0.25, 0.3) is 5.69 Å². The molecule has 0 unspecified atom stereocenters. The minimum Gasteiger partial charge on any atom is -0.496 e. The number of anilines is 1. The van der Waals surface area contributed by atoms with Gasteiger partial charge in [0, 0.05) is 54.9 Å². The van der Waals surface area contributed by atoms with E-state index >= 15 is 0 Å². The van der Waals surface area contributed by atoms with Gasteiger partial charge in [-0.25, -0.2) is 0 Å². The molecular formula is C20H22ClN3O4. The largest absolute Gasteiger partial charge is 0.496 e. The second-order valence-electron chi connectivity index (χ2n) is 6.74. The lowest BCUT2D eigenvalue weighted by atomic mass is 10.1. The average molecular weight is 404 g/mol. The molecule has 1 fully saturated rings. The Bertz CT molecular complexity index is 895. The second kappa shape index (κ2) is 8.58. The van der Waals surface area contributed by atoms with Crippen LogP contribution in [0.15, 0.2) is 36.4 Å². The molecule has 1 saturated heterocycles. The zero-order valence-electron chi connectivity index (χ0n) is 15.9. The van der Waals surface area contributed by atoms with Crippen molar-refractivity contribution in [2.24, 2.45) is 0 Å². The molecule has 0 saturated carbocycles. The summed E-state index contributed by atoms with van der Waals surface area (Å²) >= 11 is 5.91. The number of methoxy groups -OCH3 is 1. The topological polar surface area (TPSA) is 75.9 Å². The number of ether oxygens (including phenoxy) is 1. The number of nitro benzene ring substituents is 1. The number of carbonyl (C=O) groups is 1. The number of nitro groups is 1. The quantitative estimate of drug-likeness (QED) is 0.415. The normalized spacial score (nSPS) is 14.8. The Morgan fingerprint density at radius 2 is 1.89 bits per heavy atom. The summed E-state index contributed by atoms with van der Waals surface area (Å²) in [5.41, 5.74) is 2.23. The minimum absolute atomic E-state index is 0.0174. The van der Waals surface area contributed by atoms with Gasteiger partial charge in [0.15, 0.2) is 5.78 Å². The molecule has 2 aromatic rings. The number of carbonyl (C=O) groups excluding carboxylic acids is 1. The first-order valence-electron chi connectivity index (χ1n) is 8.98. The van der Waals surface area contributed by atoms with Gasteiger partial charge in [0.2, 0.25) is 0 Å². The zero-order chi connectivity index (χ0) is 20.3. The third-order valence-electron chi connectivity index (χ3n) is 4.93. The van der Waals surface area contributed by atoms with Gasteiger partial charge in [-0.2, -0.15) is 0 Å². The van der Waals surface area contributed by atoms with Crippen molar-refractivity contribution in [1.82, 2.24) is 4.90 Å². The van der Waals surface area contributed by atoms with Crippen molar-refractivity contribution in [2.75, 3.05) is 38.2 Å². The van der Waals surface area contributed by atoms with E-state index in [1.165, 1.54) is 6.07 Å². The van der Waals surface area contributed by atoms with E-state index in [0.717, 1.165) is 24.4 Å². The third kappa shape index (κ3) is 4.43. The SMILES string of the molecule is COc1ccc(C(C)=O)cc1CN1CCN(c2ccc(Cl)cc2[N+](=O)[O-])CC1. The number of hydrogen-bond donors (Lipinski definition) is 0. The Labute approximate surface area is 168 Å². The summed E-state index contributed by atoms with van der Waals surface area (Å²) in [7, 11) is 1.61. The third-order valence-corrected chi connectivity index (χ3v) is 5.16. The molecule has 1 aliphatic heterocycles. The lowest BCUT2D eigenvalue weighted by Crippen LogP contribution is -2.46. The van der Waals surface area contributed by atoms with Crippen molar-refractivity contribution in [3.63, 3.8) is 0 Å². The fourth-order valence-electron chi connectivity index (χ4n) is 3.42. The van der Waals surface area contributed by atoms with E-state index < -0.39 is 4.92 Å². The van der Waals surface area contributed by atoms with Crippen LogP contribution in [0.1, 0.15) is 22.8 Å². The van der Waals surface area contributed by atoms with Crippen LogP contribution >= 0.6 is 11.6 Å². The van der Waals surface area contributed by atoms with Crippen LogP contribution in [-0.4, -0.2) is 48.9 Å². The van der Waals surface area contributed by atoms with Crippen LogP contribution in [0.5, 0.6) is 5.75 Å². The van der Waals surface area contributed by atoms with Crippen LogP contribution in [0.25, 0.3) is 0 Å². The van der Waals surface area contributed by atoms with E-state index in [9.17, 15) is 14.9 Å². The van der Waals surface area contributed by atoms with Gasteiger partial charge >= 0.3 is 0 Å². The number of nitrogens with zero attached hydrogens (tertiary/aromatic N) is 3. The molecule has 0 bridgehead atoms. The van der Waals surface area contributed by atoms with E-state index in [1.807, 2.05) is 17.0 Å². The molecule has 2 aromatic carbocycles. The molecule has 0 amide bonds. The van der Waals surface area contributed by atoms with Crippen molar-refractivity contribution in [3.05, 3.63) is 62.7 Å². The van der Waals surface area contributed by atoms with Gasteiger partial charge in [-0.05, 0) is 37.3 Å². The molecule has 28 heavy (non-hydrogen) atoms. The van der Waals surface area contributed by atoms with Crippen molar-refractivity contribution >= 4 is 28.8 Å². The van der Waals surface area contributed by atoms with Gasteiger partial charge in [0.1, 0.15) is 11.4 Å². The minimum atomic E-state index is -0.397. The maximum absolute atomic E-state index is 11.7. The van der Waals surface area contributed by atoms with E-state index in [0.29, 0.717) is 35.9 Å². The summed E-state index contributed by atoms with van der Waals surface area (Å²) in [5.74, 6) is 0.768. The summed E-state index contributed by atoms with van der Waals surface area (Å²) in [6, 6.07) is 10.2. The van der Waals surface area contributed by atoms with E-state index in [4.69, 9.17) is 16.3 Å². The average Bonchev–Trinajstić information content (AvgIpc) is 2.68. The number of ketones is 1. The maximum Gasteiger partial charge on any atom is 0.294 e. The molecule has 1 heterocycles. The summed E-state index contributed by atoms with van der Waals surface area (Å²) in [4.78, 5) is 26.9. The molecule has 0 atom stereocenters. The molecule has 0 aromatic heterocycles. The van der Waals surface area contributed by atoms with Crippen molar-refractivity contribution in [1.29, 1.82) is 0 Å². The predicted molar refractivity (Wildman–Crippen MR) is 109 cm³/mol. The Morgan fingerprint density at radius 3 is 2.50 bits per heavy atom. The van der Waals surface area contributed by atoms with E-state index in [2.05, 4.69) is 4.90 Å². The number of hydrogen-bond acceptors (Lipinski definition) is 6. The van der Waals surface area contributed by atoms with Gasteiger partial charge in [0.05, 0.1) is 12.0 Å². The molecule has 3 rings (SSSR count). The Hall–Kier alpha value is -2.64. The van der Waals surface area contributed by atoms with Crippen molar-refractivity contribution < 1.29 is 14.5 Å². The smallest absolute Gasteiger partial charge is 0.294 e. The van der Waals surface area contributed by atoms with Crippen molar-refractivity contribution in [2.45, 2.75) is 13.5 Å². The highest BCUT2D eigenvalue weighted by molar-refractivity contribution is 6.30. The predicted octanol–water partition coefficient (Wildman–Crippen LogP) is 3.78. The lowest BCUT2D eigenvalue weighted by Gasteiger charge is -2.36. The molecule has 0 N–H and O–H groups in total. The highest BCUT2D eigenvalue weighted by Crippen LogP contribution is 2.32. The monoisotopic (exact) mass is 403 g/mol. The molecule has 0 radical (unpaired) electrons. The molecule has 0 spiro atoms. The summed E-state index contributed by atoms with van der Waals surface area (Å²) in [5, 5.41) is 11.7. The Morgan fingerprint density at radius 1 is 1.18 bits per heavy atom. The summed E-state index contributed by atoms with van der Waals surface area (Å²) < 4.78 is 5.43. The Balaban J connectivity index is 1.71. The molecule has 1 aliphatic rings. The first-order chi connectivity index (χ1) is 13.4. The Kier molecular flexibility index (Phi) is 6.16. The van der Waals surface area contributed by atoms with Crippen LogP contribution in [0, 0.1) is 10.1 Å². The van der Waals surface area contributed by atoms with Crippen LogP contribution in [0.3, 0.4) is 0 Å². The second-order valence-corrected chi connectivity index (χ2v) is 7.17. The molecule has 8 heteroatoms. The van der Waals surface area contributed by atoms with Gasteiger partial charge < -0.3 is 9.64 Å². The first-order valence-corrected chi connectivity index (χ1v) is 9.36. The highest BCUT2D eigenvalue weighted by atomic mass is 35.5. The highest BCUT2D eigenvalue weighted by Gasteiger charge is 2.24. The molecule has 7 nitrogen and oxygen atoms in total. The fourth-order valence-corrected chi connectivity index (χ4v) is 3.59. The number of benzene rings is 2. The van der Waals surface area contributed by atoms with Crippen LogP contribution in [0.4, 0.5) is 11.4 Å². The number of halogens is 1. The fraction of sp³-hybridized carbons (Fsp3) is 0.350. The standard InChI is InChI=1S/C20H22ClN3O4/c1-14(25)15-3-6-20(28-2)16(11-15)13-22-7-9-23(10-8-22)18-5-4-17(21)12-19(18)24(26)27/h3-6,11-12H,7-10,13H2,1-2H3.